The minimum absolute atomic E-state index is 0. The third-order valence-electron chi connectivity index (χ3n) is 4.35. The number of ether oxygens (including phenoxy) is 1. The van der Waals surface area contributed by atoms with Gasteiger partial charge in [-0.3, -0.25) is 4.79 Å². The van der Waals surface area contributed by atoms with Crippen LogP contribution in [0.25, 0.3) is 0 Å². The summed E-state index contributed by atoms with van der Waals surface area (Å²) >= 11 is 6.11. The van der Waals surface area contributed by atoms with E-state index >= 15 is 0 Å². The molecule has 0 aliphatic carbocycles. The van der Waals surface area contributed by atoms with Gasteiger partial charge in [0.2, 0.25) is 5.91 Å². The van der Waals surface area contributed by atoms with E-state index in [9.17, 15) is 4.79 Å². The first-order valence-electron chi connectivity index (χ1n) is 7.85. The van der Waals surface area contributed by atoms with Crippen LogP contribution in [0.2, 0.25) is 5.02 Å². The van der Waals surface area contributed by atoms with Gasteiger partial charge in [0, 0.05) is 30.5 Å². The fraction of sp³-hybridized carbons (Fsp3) is 0.588. The molecule has 23 heavy (non-hydrogen) atoms. The van der Waals surface area contributed by atoms with Gasteiger partial charge in [-0.2, -0.15) is 0 Å². The molecule has 4 nitrogen and oxygen atoms in total. The summed E-state index contributed by atoms with van der Waals surface area (Å²) in [6.45, 7) is 3.35. The second kappa shape index (κ2) is 10.1. The number of amides is 1. The van der Waals surface area contributed by atoms with Crippen LogP contribution in [-0.4, -0.2) is 39.3 Å². The minimum Gasteiger partial charge on any atom is -0.384 e. The molecule has 6 heteroatoms. The third kappa shape index (κ3) is 6.30. The zero-order valence-electron chi connectivity index (χ0n) is 13.6. The molecule has 1 heterocycles. The number of hydrogen-bond acceptors (Lipinski definition) is 3. The molecule has 0 atom stereocenters. The zero-order valence-corrected chi connectivity index (χ0v) is 15.1. The molecule has 0 spiro atoms. The Hall–Kier alpha value is -0.810. The van der Waals surface area contributed by atoms with E-state index in [0.29, 0.717) is 26.0 Å². The number of aryl methyl sites for hydroxylation is 1. The van der Waals surface area contributed by atoms with E-state index in [4.69, 9.17) is 16.3 Å². The molecule has 1 aliphatic rings. The van der Waals surface area contributed by atoms with E-state index in [1.807, 2.05) is 24.3 Å². The summed E-state index contributed by atoms with van der Waals surface area (Å²) in [6, 6.07) is 7.67. The molecule has 0 unspecified atom stereocenters. The largest absolute Gasteiger partial charge is 0.384 e. The standard InChI is InChI=1S/C17H25ClN2O2.ClH/c1-22-13-17(8-10-19-11-9-17)12-20-16(21)7-6-14-4-2-3-5-15(14)18;/h2-5,19H,6-13H2,1H3,(H,20,21);1H. The number of carbonyl (C=O) groups excluding carboxylic acids is 1. The summed E-state index contributed by atoms with van der Waals surface area (Å²) in [5.41, 5.74) is 1.09. The number of carbonyl (C=O) groups is 1. The molecule has 2 rings (SSSR count). The maximum atomic E-state index is 12.1. The van der Waals surface area contributed by atoms with Gasteiger partial charge in [-0.25, -0.2) is 0 Å². The van der Waals surface area contributed by atoms with Crippen molar-refractivity contribution in [1.29, 1.82) is 0 Å². The Morgan fingerprint density at radius 3 is 2.70 bits per heavy atom. The van der Waals surface area contributed by atoms with Crippen molar-refractivity contribution < 1.29 is 9.53 Å². The monoisotopic (exact) mass is 360 g/mol. The fourth-order valence-electron chi connectivity index (χ4n) is 2.96. The van der Waals surface area contributed by atoms with Crippen molar-refractivity contribution in [2.24, 2.45) is 5.41 Å². The topological polar surface area (TPSA) is 50.4 Å². The molecular weight excluding hydrogens is 335 g/mol. The molecule has 1 amide bonds. The SMILES string of the molecule is COCC1(CNC(=O)CCc2ccccc2Cl)CCNCC1.Cl. The van der Waals surface area contributed by atoms with Crippen molar-refractivity contribution in [3.8, 4) is 0 Å². The van der Waals surface area contributed by atoms with Gasteiger partial charge in [0.1, 0.15) is 0 Å². The number of benzene rings is 1. The molecule has 130 valence electrons. The molecule has 1 fully saturated rings. The van der Waals surface area contributed by atoms with Crippen LogP contribution in [0.5, 0.6) is 0 Å². The van der Waals surface area contributed by atoms with Crippen LogP contribution in [0.4, 0.5) is 0 Å². The molecule has 2 N–H and O–H groups in total. The molecule has 1 saturated heterocycles. The van der Waals surface area contributed by atoms with Crippen molar-refractivity contribution in [3.05, 3.63) is 34.9 Å². The molecule has 0 aromatic heterocycles. The molecule has 0 bridgehead atoms. The Morgan fingerprint density at radius 2 is 2.04 bits per heavy atom. The lowest BCUT2D eigenvalue weighted by Crippen LogP contribution is -2.47. The van der Waals surface area contributed by atoms with Crippen LogP contribution in [0.1, 0.15) is 24.8 Å². The molecule has 1 aliphatic heterocycles. The van der Waals surface area contributed by atoms with Crippen molar-refractivity contribution in [1.82, 2.24) is 10.6 Å². The Kier molecular flexibility index (Phi) is 8.92. The van der Waals surface area contributed by atoms with Crippen LogP contribution in [-0.2, 0) is 16.0 Å². The number of rotatable bonds is 7. The average molecular weight is 361 g/mol. The first kappa shape index (κ1) is 20.2. The first-order valence-corrected chi connectivity index (χ1v) is 8.23. The number of hydrogen-bond donors (Lipinski definition) is 2. The number of methoxy groups -OCH3 is 1. The van der Waals surface area contributed by atoms with Gasteiger partial charge in [0.05, 0.1) is 6.61 Å². The van der Waals surface area contributed by atoms with Crippen LogP contribution in [0.3, 0.4) is 0 Å². The van der Waals surface area contributed by atoms with Crippen molar-refractivity contribution in [2.45, 2.75) is 25.7 Å². The normalized spacial score (nSPS) is 16.4. The van der Waals surface area contributed by atoms with Crippen LogP contribution < -0.4 is 10.6 Å². The summed E-state index contributed by atoms with van der Waals surface area (Å²) < 4.78 is 5.37. The molecule has 0 saturated carbocycles. The van der Waals surface area contributed by atoms with Gasteiger partial charge < -0.3 is 15.4 Å². The van der Waals surface area contributed by atoms with E-state index in [1.165, 1.54) is 0 Å². The van der Waals surface area contributed by atoms with Gasteiger partial charge in [0.25, 0.3) is 0 Å². The molecule has 0 radical (unpaired) electrons. The predicted octanol–water partition coefficient (Wildman–Crippen LogP) is 2.83. The Labute approximate surface area is 149 Å². The van der Waals surface area contributed by atoms with E-state index < -0.39 is 0 Å². The summed E-state index contributed by atoms with van der Waals surface area (Å²) in [6.07, 6.45) is 3.20. The van der Waals surface area contributed by atoms with E-state index in [2.05, 4.69) is 10.6 Å². The van der Waals surface area contributed by atoms with Gasteiger partial charge in [-0.05, 0) is 44.0 Å². The van der Waals surface area contributed by atoms with Gasteiger partial charge >= 0.3 is 0 Å². The van der Waals surface area contributed by atoms with Crippen molar-refractivity contribution >= 4 is 29.9 Å². The zero-order chi connectivity index (χ0) is 15.8. The van der Waals surface area contributed by atoms with Gasteiger partial charge in [-0.15, -0.1) is 12.4 Å². The smallest absolute Gasteiger partial charge is 0.220 e. The fourth-order valence-corrected chi connectivity index (χ4v) is 3.19. The maximum Gasteiger partial charge on any atom is 0.220 e. The second-order valence-electron chi connectivity index (χ2n) is 6.05. The highest BCUT2D eigenvalue weighted by atomic mass is 35.5. The first-order chi connectivity index (χ1) is 10.7. The highest BCUT2D eigenvalue weighted by Crippen LogP contribution is 2.28. The summed E-state index contributed by atoms with van der Waals surface area (Å²) in [4.78, 5) is 12.1. The lowest BCUT2D eigenvalue weighted by Gasteiger charge is -2.37. The maximum absolute atomic E-state index is 12.1. The quantitative estimate of drug-likeness (QED) is 0.785. The molecule has 1 aromatic carbocycles. The lowest BCUT2D eigenvalue weighted by atomic mass is 9.79. The van der Waals surface area contributed by atoms with E-state index in [0.717, 1.165) is 36.5 Å². The summed E-state index contributed by atoms with van der Waals surface area (Å²) in [5.74, 6) is 0.0777. The number of piperidine rings is 1. The molecule has 1 aromatic rings. The lowest BCUT2D eigenvalue weighted by molar-refractivity contribution is -0.122. The highest BCUT2D eigenvalue weighted by molar-refractivity contribution is 6.31. The highest BCUT2D eigenvalue weighted by Gasteiger charge is 2.32. The summed E-state index contributed by atoms with van der Waals surface area (Å²) in [7, 11) is 1.73. The Morgan fingerprint density at radius 1 is 1.35 bits per heavy atom. The second-order valence-corrected chi connectivity index (χ2v) is 6.46. The number of halogens is 2. The van der Waals surface area contributed by atoms with Crippen LogP contribution in [0.15, 0.2) is 24.3 Å². The Bertz CT molecular complexity index is 486. The van der Waals surface area contributed by atoms with Crippen LogP contribution >= 0.6 is 24.0 Å². The molecular formula is C17H26Cl2N2O2. The van der Waals surface area contributed by atoms with Gasteiger partial charge in [0.15, 0.2) is 0 Å². The summed E-state index contributed by atoms with van der Waals surface area (Å²) in [5, 5.41) is 7.16. The third-order valence-corrected chi connectivity index (χ3v) is 4.72. The number of nitrogens with one attached hydrogen (secondary N) is 2. The van der Waals surface area contributed by atoms with Crippen LogP contribution in [0, 0.1) is 5.41 Å². The minimum atomic E-state index is 0. The van der Waals surface area contributed by atoms with Crippen molar-refractivity contribution in [3.63, 3.8) is 0 Å². The average Bonchev–Trinajstić information content (AvgIpc) is 2.53. The van der Waals surface area contributed by atoms with Gasteiger partial charge in [-0.1, -0.05) is 29.8 Å². The van der Waals surface area contributed by atoms with E-state index in [-0.39, 0.29) is 23.7 Å². The van der Waals surface area contributed by atoms with Crippen molar-refractivity contribution in [2.75, 3.05) is 33.4 Å². The predicted molar refractivity (Wildman–Crippen MR) is 96.4 cm³/mol. The Balaban J connectivity index is 0.00000264. The van der Waals surface area contributed by atoms with E-state index in [1.54, 1.807) is 7.11 Å².